The van der Waals surface area contributed by atoms with Crippen LogP contribution in [0.25, 0.3) is 10.9 Å². The van der Waals surface area contributed by atoms with Crippen molar-refractivity contribution >= 4 is 28.2 Å². The van der Waals surface area contributed by atoms with Crippen LogP contribution in [0.1, 0.15) is 15.9 Å². The van der Waals surface area contributed by atoms with Crippen molar-refractivity contribution in [1.82, 2.24) is 4.57 Å². The summed E-state index contributed by atoms with van der Waals surface area (Å²) in [5.41, 5.74) is 2.43. The van der Waals surface area contributed by atoms with Gasteiger partial charge in [0.15, 0.2) is 0 Å². The highest BCUT2D eigenvalue weighted by Crippen LogP contribution is 2.25. The van der Waals surface area contributed by atoms with Crippen LogP contribution in [0.15, 0.2) is 48.7 Å². The summed E-state index contributed by atoms with van der Waals surface area (Å²) in [5.74, 6) is -0.292. The lowest BCUT2D eigenvalue weighted by Gasteiger charge is -2.05. The zero-order chi connectivity index (χ0) is 16.6. The molecule has 0 aliphatic carbocycles. The van der Waals surface area contributed by atoms with Crippen molar-refractivity contribution in [1.29, 1.82) is 0 Å². The van der Waals surface area contributed by atoms with Gasteiger partial charge in [-0.1, -0.05) is 24.3 Å². The summed E-state index contributed by atoms with van der Waals surface area (Å²) in [6.07, 6.45) is 1.75. The fraction of sp³-hybridized carbons (Fsp3) is 0.118. The molecule has 1 aromatic heterocycles. The maximum Gasteiger partial charge on any atom is 0.274 e. The Hall–Kier alpha value is -3.15. The van der Waals surface area contributed by atoms with E-state index in [1.165, 1.54) is 6.07 Å². The molecule has 0 aliphatic rings. The minimum Gasteiger partial charge on any atom is -0.350 e. The number of carbonyl (C=O) groups is 1. The lowest BCUT2D eigenvalue weighted by Crippen LogP contribution is -2.11. The van der Waals surface area contributed by atoms with Crippen LogP contribution in [0.3, 0.4) is 0 Å². The van der Waals surface area contributed by atoms with Gasteiger partial charge in [-0.15, -0.1) is 0 Å². The number of para-hydroxylation sites is 1. The van der Waals surface area contributed by atoms with Gasteiger partial charge in [-0.05, 0) is 19.1 Å². The number of nitrogens with zero attached hydrogens (tertiary/aromatic N) is 2. The number of hydrogen-bond acceptors (Lipinski definition) is 3. The van der Waals surface area contributed by atoms with E-state index < -0.39 is 4.92 Å². The predicted octanol–water partition coefficient (Wildman–Crippen LogP) is 3.65. The molecule has 0 spiro atoms. The summed E-state index contributed by atoms with van der Waals surface area (Å²) in [6, 6.07) is 12.2. The first kappa shape index (κ1) is 14.8. The average Bonchev–Trinajstić information content (AvgIpc) is 2.87. The van der Waals surface area contributed by atoms with Gasteiger partial charge >= 0.3 is 0 Å². The number of aromatic nitrogens is 1. The Bertz CT molecular complexity index is 928. The van der Waals surface area contributed by atoms with E-state index in [-0.39, 0.29) is 11.6 Å². The van der Waals surface area contributed by atoms with Gasteiger partial charge in [-0.25, -0.2) is 0 Å². The molecular weight excluding hydrogens is 294 g/mol. The zero-order valence-electron chi connectivity index (χ0n) is 12.7. The molecule has 0 bridgehead atoms. The molecule has 0 saturated carbocycles. The van der Waals surface area contributed by atoms with Crippen LogP contribution in [-0.2, 0) is 7.05 Å². The first-order valence-electron chi connectivity index (χ1n) is 7.08. The lowest BCUT2D eigenvalue weighted by atomic mass is 10.1. The molecule has 0 fully saturated rings. The van der Waals surface area contributed by atoms with Crippen LogP contribution < -0.4 is 5.32 Å². The Kier molecular flexibility index (Phi) is 3.57. The lowest BCUT2D eigenvalue weighted by molar-refractivity contribution is -0.385. The van der Waals surface area contributed by atoms with Crippen molar-refractivity contribution in [3.63, 3.8) is 0 Å². The number of hydrogen-bond donors (Lipinski definition) is 1. The smallest absolute Gasteiger partial charge is 0.274 e. The van der Waals surface area contributed by atoms with Gasteiger partial charge in [0.2, 0.25) is 0 Å². The van der Waals surface area contributed by atoms with Gasteiger partial charge < -0.3 is 9.88 Å². The second kappa shape index (κ2) is 5.57. The van der Waals surface area contributed by atoms with Crippen LogP contribution in [0, 0.1) is 17.0 Å². The summed E-state index contributed by atoms with van der Waals surface area (Å²) < 4.78 is 1.88. The number of nitrogens with one attached hydrogen (secondary N) is 1. The third-order valence-electron chi connectivity index (χ3n) is 3.81. The van der Waals surface area contributed by atoms with Crippen LogP contribution >= 0.6 is 0 Å². The fourth-order valence-corrected chi connectivity index (χ4v) is 2.60. The normalized spacial score (nSPS) is 10.7. The third kappa shape index (κ3) is 2.66. The number of aryl methyl sites for hydroxylation is 2. The fourth-order valence-electron chi connectivity index (χ4n) is 2.60. The number of anilines is 1. The minimum atomic E-state index is -0.455. The molecule has 23 heavy (non-hydrogen) atoms. The van der Waals surface area contributed by atoms with E-state index >= 15 is 0 Å². The van der Waals surface area contributed by atoms with Crippen molar-refractivity contribution in [3.8, 4) is 0 Å². The van der Waals surface area contributed by atoms with Crippen molar-refractivity contribution in [3.05, 3.63) is 69.9 Å². The van der Waals surface area contributed by atoms with E-state index in [1.54, 1.807) is 25.3 Å². The SMILES string of the molecule is Cc1ccc(NC(=O)c2cn(C)c3ccccc23)cc1[N+](=O)[O-]. The van der Waals surface area contributed by atoms with E-state index in [0.717, 1.165) is 10.9 Å². The Morgan fingerprint density at radius 1 is 1.22 bits per heavy atom. The van der Waals surface area contributed by atoms with Crippen molar-refractivity contribution in [2.45, 2.75) is 6.92 Å². The largest absolute Gasteiger partial charge is 0.350 e. The van der Waals surface area contributed by atoms with E-state index in [4.69, 9.17) is 0 Å². The number of nitro groups is 1. The van der Waals surface area contributed by atoms with Gasteiger partial charge in [0.1, 0.15) is 0 Å². The van der Waals surface area contributed by atoms with E-state index in [1.807, 2.05) is 35.9 Å². The molecule has 1 heterocycles. The molecule has 3 rings (SSSR count). The summed E-state index contributed by atoms with van der Waals surface area (Å²) >= 11 is 0. The molecule has 0 unspecified atom stereocenters. The molecule has 0 aliphatic heterocycles. The van der Waals surface area contributed by atoms with Crippen molar-refractivity contribution in [2.75, 3.05) is 5.32 Å². The van der Waals surface area contributed by atoms with Gasteiger partial charge in [0, 0.05) is 41.5 Å². The standard InChI is InChI=1S/C17H15N3O3/c1-11-7-8-12(9-16(11)20(22)23)18-17(21)14-10-19(2)15-6-4-3-5-13(14)15/h3-10H,1-2H3,(H,18,21). The molecule has 1 amide bonds. The summed E-state index contributed by atoms with van der Waals surface area (Å²) in [7, 11) is 1.87. The molecule has 6 nitrogen and oxygen atoms in total. The van der Waals surface area contributed by atoms with Gasteiger partial charge in [0.25, 0.3) is 11.6 Å². The Morgan fingerprint density at radius 3 is 2.70 bits per heavy atom. The maximum atomic E-state index is 12.5. The van der Waals surface area contributed by atoms with Crippen LogP contribution in [0.5, 0.6) is 0 Å². The van der Waals surface area contributed by atoms with Crippen molar-refractivity contribution in [2.24, 2.45) is 7.05 Å². The second-order valence-electron chi connectivity index (χ2n) is 5.38. The number of fused-ring (bicyclic) bond motifs is 1. The molecule has 6 heteroatoms. The Morgan fingerprint density at radius 2 is 1.96 bits per heavy atom. The van der Waals surface area contributed by atoms with Gasteiger partial charge in [-0.3, -0.25) is 14.9 Å². The maximum absolute atomic E-state index is 12.5. The zero-order valence-corrected chi connectivity index (χ0v) is 12.7. The molecule has 2 aromatic carbocycles. The minimum absolute atomic E-state index is 0.0132. The summed E-state index contributed by atoms with van der Waals surface area (Å²) in [5, 5.41) is 14.6. The van der Waals surface area contributed by atoms with E-state index in [9.17, 15) is 14.9 Å². The second-order valence-corrected chi connectivity index (χ2v) is 5.38. The molecular formula is C17H15N3O3. The highest BCUT2D eigenvalue weighted by atomic mass is 16.6. The van der Waals surface area contributed by atoms with Gasteiger partial charge in [0.05, 0.1) is 10.5 Å². The Balaban J connectivity index is 1.95. The summed E-state index contributed by atoms with van der Waals surface area (Å²) in [6.45, 7) is 1.66. The quantitative estimate of drug-likeness (QED) is 0.592. The first-order chi connectivity index (χ1) is 11.0. The molecule has 116 valence electrons. The summed E-state index contributed by atoms with van der Waals surface area (Å²) in [4.78, 5) is 23.1. The van der Waals surface area contributed by atoms with E-state index in [2.05, 4.69) is 5.32 Å². The van der Waals surface area contributed by atoms with Crippen LogP contribution in [0.2, 0.25) is 0 Å². The van der Waals surface area contributed by atoms with Crippen LogP contribution in [0.4, 0.5) is 11.4 Å². The highest BCUT2D eigenvalue weighted by molar-refractivity contribution is 6.13. The van der Waals surface area contributed by atoms with Crippen molar-refractivity contribution < 1.29 is 9.72 Å². The number of carbonyl (C=O) groups excluding carboxylic acids is 1. The topological polar surface area (TPSA) is 77.2 Å². The third-order valence-corrected chi connectivity index (χ3v) is 3.81. The molecule has 1 N–H and O–H groups in total. The molecule has 0 radical (unpaired) electrons. The molecule has 0 atom stereocenters. The first-order valence-corrected chi connectivity index (χ1v) is 7.08. The average molecular weight is 309 g/mol. The highest BCUT2D eigenvalue weighted by Gasteiger charge is 2.16. The Labute approximate surface area is 132 Å². The number of rotatable bonds is 3. The van der Waals surface area contributed by atoms with E-state index in [0.29, 0.717) is 16.8 Å². The monoisotopic (exact) mass is 309 g/mol. The number of amides is 1. The van der Waals surface area contributed by atoms with Crippen LogP contribution in [-0.4, -0.2) is 15.4 Å². The molecule has 3 aromatic rings. The number of benzene rings is 2. The predicted molar refractivity (Wildman–Crippen MR) is 88.7 cm³/mol. The number of nitro benzene ring substituents is 1. The molecule has 0 saturated heterocycles. The van der Waals surface area contributed by atoms with Gasteiger partial charge in [-0.2, -0.15) is 0 Å².